The van der Waals surface area contributed by atoms with Gasteiger partial charge in [-0.1, -0.05) is 17.7 Å². The quantitative estimate of drug-likeness (QED) is 0.759. The van der Waals surface area contributed by atoms with Gasteiger partial charge in [-0.15, -0.1) is 0 Å². The van der Waals surface area contributed by atoms with Crippen LogP contribution in [0.5, 0.6) is 0 Å². The van der Waals surface area contributed by atoms with E-state index in [0.29, 0.717) is 5.02 Å². The topological polar surface area (TPSA) is 33.0 Å². The van der Waals surface area contributed by atoms with Crippen LogP contribution < -0.4 is 0 Å². The largest absolute Gasteiger partial charge is 0.396 e. The number of aryl methyl sites for hydroxylation is 1. The van der Waals surface area contributed by atoms with Crippen molar-refractivity contribution in [1.82, 2.24) is 0 Å². The average Bonchev–Trinajstić information content (AvgIpc) is 2.28. The third-order valence-electron chi connectivity index (χ3n) is 3.14. The minimum absolute atomic E-state index is 0.675. The normalized spacial score (nSPS) is 23.3. The van der Waals surface area contributed by atoms with Crippen molar-refractivity contribution in [1.29, 1.82) is 5.26 Å². The molecule has 0 aromatic heterocycles. The molecule has 2 nitrogen and oxygen atoms in total. The molecule has 4 heteroatoms. The van der Waals surface area contributed by atoms with E-state index in [1.807, 2.05) is 18.2 Å². The zero-order chi connectivity index (χ0) is 13.4. The molecule has 0 N–H and O–H groups in total. The van der Waals surface area contributed by atoms with Crippen molar-refractivity contribution >= 4 is 19.9 Å². The first-order valence-electron chi connectivity index (χ1n) is 6.27. The van der Waals surface area contributed by atoms with Gasteiger partial charge in [-0.3, -0.25) is 0 Å². The summed E-state index contributed by atoms with van der Waals surface area (Å²) in [4.78, 5) is 0. The predicted molar refractivity (Wildman–Crippen MR) is 76.1 cm³/mol. The van der Waals surface area contributed by atoms with Gasteiger partial charge in [0.05, 0.1) is 0 Å². The average molecular weight is 280 g/mol. The summed E-state index contributed by atoms with van der Waals surface area (Å²) < 4.78 is 6.22. The van der Waals surface area contributed by atoms with E-state index < -0.39 is 13.9 Å². The van der Waals surface area contributed by atoms with Crippen molar-refractivity contribution in [3.05, 3.63) is 34.3 Å². The van der Waals surface area contributed by atoms with Crippen LogP contribution in [-0.4, -0.2) is 8.32 Å². The number of rotatable bonds is 2. The van der Waals surface area contributed by atoms with Crippen LogP contribution in [0.2, 0.25) is 24.7 Å². The van der Waals surface area contributed by atoms with E-state index >= 15 is 0 Å². The number of nitriles is 1. The van der Waals surface area contributed by atoms with E-state index in [1.165, 1.54) is 5.56 Å². The van der Waals surface area contributed by atoms with E-state index in [9.17, 15) is 5.26 Å². The molecule has 18 heavy (non-hydrogen) atoms. The first-order valence-corrected chi connectivity index (χ1v) is 10.1. The molecule has 0 amide bonds. The van der Waals surface area contributed by atoms with Gasteiger partial charge in [0.2, 0.25) is 0 Å². The molecule has 0 saturated heterocycles. The molecule has 0 spiro atoms. The van der Waals surface area contributed by atoms with Gasteiger partial charge in [0.1, 0.15) is 6.07 Å². The maximum atomic E-state index is 9.65. The minimum Gasteiger partial charge on any atom is -0.396 e. The lowest BCUT2D eigenvalue weighted by atomic mass is 9.80. The monoisotopic (exact) mass is 279 g/mol. The molecule has 1 aromatic rings. The number of nitrogens with zero attached hydrogens (tertiary/aromatic N) is 1. The van der Waals surface area contributed by atoms with Crippen molar-refractivity contribution in [3.8, 4) is 6.07 Å². The number of hydrogen-bond acceptors (Lipinski definition) is 2. The molecular formula is C14H18ClNOSi. The van der Waals surface area contributed by atoms with Crippen LogP contribution in [-0.2, 0) is 16.4 Å². The highest BCUT2D eigenvalue weighted by molar-refractivity contribution is 6.69. The Hall–Kier alpha value is -0.823. The molecule has 1 aromatic carbocycles. The van der Waals surface area contributed by atoms with E-state index in [4.69, 9.17) is 16.0 Å². The lowest BCUT2D eigenvalue weighted by Gasteiger charge is -2.38. The molecule has 1 unspecified atom stereocenters. The first kappa shape index (κ1) is 13.6. The second-order valence-corrected chi connectivity index (χ2v) is 10.7. The molecule has 0 aliphatic heterocycles. The highest BCUT2D eigenvalue weighted by atomic mass is 35.5. The molecule has 0 radical (unpaired) electrons. The lowest BCUT2D eigenvalue weighted by molar-refractivity contribution is 0.0984. The number of halogens is 1. The van der Waals surface area contributed by atoms with E-state index in [-0.39, 0.29) is 0 Å². The Morgan fingerprint density at radius 3 is 2.72 bits per heavy atom. The molecule has 0 fully saturated rings. The second-order valence-electron chi connectivity index (χ2n) is 5.81. The molecule has 0 heterocycles. The van der Waals surface area contributed by atoms with E-state index in [2.05, 4.69) is 25.7 Å². The van der Waals surface area contributed by atoms with Gasteiger partial charge in [0.15, 0.2) is 13.9 Å². The van der Waals surface area contributed by atoms with Crippen molar-refractivity contribution < 1.29 is 4.43 Å². The summed E-state index contributed by atoms with van der Waals surface area (Å²) in [6.45, 7) is 6.35. The Bertz CT molecular complexity index is 503. The van der Waals surface area contributed by atoms with Crippen molar-refractivity contribution in [2.45, 2.75) is 44.5 Å². The zero-order valence-electron chi connectivity index (χ0n) is 11.1. The lowest BCUT2D eigenvalue weighted by Crippen LogP contribution is -2.42. The SMILES string of the molecule is C[Si](C)(C)OC1(C#N)CCCc2ccc(Cl)cc21. The van der Waals surface area contributed by atoms with Gasteiger partial charge in [-0.05, 0) is 56.6 Å². The van der Waals surface area contributed by atoms with Crippen LogP contribution in [0.25, 0.3) is 0 Å². The molecule has 1 aliphatic rings. The minimum atomic E-state index is -1.79. The van der Waals surface area contributed by atoms with E-state index in [1.54, 1.807) is 0 Å². The zero-order valence-corrected chi connectivity index (χ0v) is 12.8. The van der Waals surface area contributed by atoms with Crippen LogP contribution in [0.3, 0.4) is 0 Å². The van der Waals surface area contributed by atoms with Crippen molar-refractivity contribution in [3.63, 3.8) is 0 Å². The van der Waals surface area contributed by atoms with Gasteiger partial charge < -0.3 is 4.43 Å². The fourth-order valence-corrected chi connectivity index (χ4v) is 4.05. The first-order chi connectivity index (χ1) is 8.36. The second kappa shape index (κ2) is 4.69. The van der Waals surface area contributed by atoms with Crippen LogP contribution in [0.4, 0.5) is 0 Å². The number of hydrogen-bond donors (Lipinski definition) is 0. The van der Waals surface area contributed by atoms with Crippen molar-refractivity contribution in [2.75, 3.05) is 0 Å². The van der Waals surface area contributed by atoms with Gasteiger partial charge in [0, 0.05) is 10.6 Å². The smallest absolute Gasteiger partial charge is 0.186 e. The standard InChI is InChI=1S/C14H18ClNOSi/c1-18(2,3)17-14(10-16)8-4-5-11-6-7-12(15)9-13(11)14/h6-7,9H,4-5,8H2,1-3H3. The highest BCUT2D eigenvalue weighted by Gasteiger charge is 2.41. The Kier molecular flexibility index (Phi) is 3.55. The molecule has 1 atom stereocenters. The van der Waals surface area contributed by atoms with Crippen LogP contribution in [0.1, 0.15) is 24.0 Å². The maximum absolute atomic E-state index is 9.65. The third kappa shape index (κ3) is 2.61. The van der Waals surface area contributed by atoms with Crippen LogP contribution >= 0.6 is 11.6 Å². The summed E-state index contributed by atoms with van der Waals surface area (Å²) in [7, 11) is -1.79. The Labute approximate surface area is 115 Å². The summed E-state index contributed by atoms with van der Waals surface area (Å²) in [5.74, 6) is 0. The Morgan fingerprint density at radius 2 is 2.11 bits per heavy atom. The maximum Gasteiger partial charge on any atom is 0.186 e. The van der Waals surface area contributed by atoms with Gasteiger partial charge >= 0.3 is 0 Å². The molecular weight excluding hydrogens is 262 g/mol. The van der Waals surface area contributed by atoms with Crippen LogP contribution in [0, 0.1) is 11.3 Å². The fourth-order valence-electron chi connectivity index (χ4n) is 2.57. The third-order valence-corrected chi connectivity index (χ3v) is 4.34. The molecule has 2 rings (SSSR count). The van der Waals surface area contributed by atoms with Gasteiger partial charge in [-0.2, -0.15) is 5.26 Å². The van der Waals surface area contributed by atoms with Gasteiger partial charge in [0.25, 0.3) is 0 Å². The summed E-state index contributed by atoms with van der Waals surface area (Å²) in [5.41, 5.74) is 1.39. The summed E-state index contributed by atoms with van der Waals surface area (Å²) in [6, 6.07) is 8.23. The Balaban J connectivity index is 2.52. The van der Waals surface area contributed by atoms with Crippen LogP contribution in [0.15, 0.2) is 18.2 Å². The Morgan fingerprint density at radius 1 is 1.39 bits per heavy atom. The number of benzene rings is 1. The number of fused-ring (bicyclic) bond motifs is 1. The molecule has 1 aliphatic carbocycles. The molecule has 0 saturated carbocycles. The van der Waals surface area contributed by atoms with Crippen molar-refractivity contribution in [2.24, 2.45) is 0 Å². The summed E-state index contributed by atoms with van der Waals surface area (Å²) >= 11 is 6.08. The molecule has 96 valence electrons. The van der Waals surface area contributed by atoms with Gasteiger partial charge in [-0.25, -0.2) is 0 Å². The molecule has 0 bridgehead atoms. The van der Waals surface area contributed by atoms with E-state index in [0.717, 1.165) is 24.8 Å². The summed E-state index contributed by atoms with van der Waals surface area (Å²) in [5, 5.41) is 10.3. The predicted octanol–water partition coefficient (Wildman–Crippen LogP) is 4.25. The highest BCUT2D eigenvalue weighted by Crippen LogP contribution is 2.41. The summed E-state index contributed by atoms with van der Waals surface area (Å²) in [6.07, 6.45) is 2.76. The fraction of sp³-hybridized carbons (Fsp3) is 0.500.